The minimum atomic E-state index is -3.37. The van der Waals surface area contributed by atoms with Crippen LogP contribution in [0.5, 0.6) is 5.75 Å². The molecule has 1 aliphatic heterocycles. The van der Waals surface area contributed by atoms with Crippen LogP contribution in [0, 0.1) is 11.7 Å². The van der Waals surface area contributed by atoms with Gasteiger partial charge in [0.15, 0.2) is 21.4 Å². The quantitative estimate of drug-likeness (QED) is 0.506. The lowest BCUT2D eigenvalue weighted by atomic mass is 9.86. The molecule has 1 N–H and O–H groups in total. The van der Waals surface area contributed by atoms with Crippen LogP contribution in [-0.2, 0) is 20.0 Å². The van der Waals surface area contributed by atoms with Gasteiger partial charge in [-0.05, 0) is 42.9 Å². The second-order valence-corrected chi connectivity index (χ2v) is 11.4. The fourth-order valence-corrected chi connectivity index (χ4v) is 5.48. The van der Waals surface area contributed by atoms with Crippen molar-refractivity contribution < 1.29 is 27.1 Å². The van der Waals surface area contributed by atoms with Crippen molar-refractivity contribution in [2.75, 3.05) is 31.2 Å². The molecule has 0 atom stereocenters. The summed E-state index contributed by atoms with van der Waals surface area (Å²) in [5.41, 5.74) is 0.0151. The van der Waals surface area contributed by atoms with E-state index < -0.39 is 27.1 Å². The van der Waals surface area contributed by atoms with Gasteiger partial charge in [-0.1, -0.05) is 32.1 Å². The molecule has 2 aliphatic rings. The monoisotopic (exact) mass is 466 g/mol. The smallest absolute Gasteiger partial charge is 0.324 e. The van der Waals surface area contributed by atoms with Crippen molar-refractivity contribution in [3.8, 4) is 5.75 Å². The normalized spacial score (nSPS) is 17.7. The van der Waals surface area contributed by atoms with Gasteiger partial charge >= 0.3 is 6.03 Å². The average molecular weight is 467 g/mol. The molecule has 1 aromatic carbocycles. The lowest BCUT2D eigenvalue weighted by molar-refractivity contribution is -0.121. The zero-order valence-corrected chi connectivity index (χ0v) is 19.4. The van der Waals surface area contributed by atoms with E-state index >= 15 is 0 Å². The first-order chi connectivity index (χ1) is 15.1. The third-order valence-electron chi connectivity index (χ3n) is 5.70. The first-order valence-electron chi connectivity index (χ1n) is 10.9. The number of nitrogens with zero attached hydrogens (tertiary/aromatic N) is 1. The minimum Gasteiger partial charge on any atom is -0.490 e. The SMILES string of the molecule is CC(C)(CS(=O)(=O)CC/C=C/CN1CCC(=O)NC1=O)c1ccc(F)c(OCC2CC2)c1. The van der Waals surface area contributed by atoms with Gasteiger partial charge in [0, 0.05) is 24.9 Å². The van der Waals surface area contributed by atoms with Crippen molar-refractivity contribution in [3.05, 3.63) is 41.7 Å². The Bertz CT molecular complexity index is 986. The Morgan fingerprint density at radius 2 is 2.00 bits per heavy atom. The molecule has 3 amide bonds. The standard InChI is InChI=1S/C23H31FN2O5S/c1-23(2,18-8-9-19(24)20(14-18)31-15-17-6-7-17)16-32(29,30)13-5-3-4-11-26-12-10-21(27)25-22(26)28/h3-4,8-9,14,17H,5-7,10-13,15-16H2,1-2H3,(H,25,27,28)/b4-3+. The van der Waals surface area contributed by atoms with Gasteiger partial charge in [-0.25, -0.2) is 17.6 Å². The third-order valence-corrected chi connectivity index (χ3v) is 7.71. The summed E-state index contributed by atoms with van der Waals surface area (Å²) in [5.74, 6) is -0.156. The van der Waals surface area contributed by atoms with Crippen LogP contribution < -0.4 is 10.1 Å². The van der Waals surface area contributed by atoms with Gasteiger partial charge in [0.1, 0.15) is 0 Å². The number of allylic oxidation sites excluding steroid dienone is 1. The van der Waals surface area contributed by atoms with Crippen LogP contribution in [0.4, 0.5) is 9.18 Å². The highest BCUT2D eigenvalue weighted by Crippen LogP contribution is 2.33. The maximum absolute atomic E-state index is 14.1. The molecule has 0 aromatic heterocycles. The highest BCUT2D eigenvalue weighted by Gasteiger charge is 2.29. The van der Waals surface area contributed by atoms with Crippen molar-refractivity contribution in [1.82, 2.24) is 10.2 Å². The van der Waals surface area contributed by atoms with Gasteiger partial charge in [0.25, 0.3) is 0 Å². The summed E-state index contributed by atoms with van der Waals surface area (Å²) in [4.78, 5) is 24.3. The van der Waals surface area contributed by atoms with E-state index in [1.54, 1.807) is 24.3 Å². The molecule has 32 heavy (non-hydrogen) atoms. The number of rotatable bonds is 11. The van der Waals surface area contributed by atoms with Gasteiger partial charge in [-0.2, -0.15) is 0 Å². The van der Waals surface area contributed by atoms with Crippen LogP contribution in [0.3, 0.4) is 0 Å². The molecule has 1 saturated heterocycles. The van der Waals surface area contributed by atoms with E-state index in [0.717, 1.165) is 18.4 Å². The molecule has 7 nitrogen and oxygen atoms in total. The molecule has 3 rings (SSSR count). The highest BCUT2D eigenvalue weighted by molar-refractivity contribution is 7.91. The van der Waals surface area contributed by atoms with E-state index in [9.17, 15) is 22.4 Å². The molecule has 0 bridgehead atoms. The molecule has 1 heterocycles. The second kappa shape index (κ2) is 10.0. The van der Waals surface area contributed by atoms with E-state index in [4.69, 9.17) is 4.74 Å². The summed E-state index contributed by atoms with van der Waals surface area (Å²) in [7, 11) is -3.37. The molecular weight excluding hydrogens is 435 g/mol. The number of hydrogen-bond donors (Lipinski definition) is 1. The summed E-state index contributed by atoms with van der Waals surface area (Å²) in [6.07, 6.45) is 6.26. The van der Waals surface area contributed by atoms with Gasteiger partial charge in [-0.15, -0.1) is 0 Å². The number of ether oxygens (including phenoxy) is 1. The highest BCUT2D eigenvalue weighted by atomic mass is 32.2. The Morgan fingerprint density at radius 3 is 2.69 bits per heavy atom. The molecule has 9 heteroatoms. The van der Waals surface area contributed by atoms with Crippen LogP contribution >= 0.6 is 0 Å². The van der Waals surface area contributed by atoms with Crippen LogP contribution in [0.1, 0.15) is 45.1 Å². The summed E-state index contributed by atoms with van der Waals surface area (Å²) in [5, 5.41) is 2.25. The molecule has 1 aromatic rings. The summed E-state index contributed by atoms with van der Waals surface area (Å²) in [6.45, 7) is 4.82. The van der Waals surface area contributed by atoms with E-state index in [0.29, 0.717) is 32.0 Å². The number of nitrogens with one attached hydrogen (secondary N) is 1. The van der Waals surface area contributed by atoms with Crippen LogP contribution in [0.2, 0.25) is 0 Å². The molecule has 1 saturated carbocycles. The van der Waals surface area contributed by atoms with Gasteiger partial charge < -0.3 is 9.64 Å². The lowest BCUT2D eigenvalue weighted by Crippen LogP contribution is -2.49. The first kappa shape index (κ1) is 24.2. The predicted molar refractivity (Wildman–Crippen MR) is 120 cm³/mol. The number of amides is 3. The van der Waals surface area contributed by atoms with E-state index in [2.05, 4.69) is 5.32 Å². The number of benzene rings is 1. The Labute approximate surface area is 188 Å². The summed E-state index contributed by atoms with van der Waals surface area (Å²) in [6, 6.07) is 4.13. The largest absolute Gasteiger partial charge is 0.490 e. The van der Waals surface area contributed by atoms with Crippen molar-refractivity contribution in [1.29, 1.82) is 0 Å². The maximum atomic E-state index is 14.1. The van der Waals surface area contributed by atoms with Crippen molar-refractivity contribution in [2.45, 2.75) is 44.9 Å². The number of carbonyl (C=O) groups excluding carboxylic acids is 2. The number of imide groups is 1. The fourth-order valence-electron chi connectivity index (χ4n) is 3.57. The summed E-state index contributed by atoms with van der Waals surface area (Å²) < 4.78 is 45.1. The van der Waals surface area contributed by atoms with E-state index in [1.165, 1.54) is 11.0 Å². The number of hydrogen-bond acceptors (Lipinski definition) is 5. The van der Waals surface area contributed by atoms with Crippen LogP contribution in [0.25, 0.3) is 0 Å². The van der Waals surface area contributed by atoms with Crippen LogP contribution in [0.15, 0.2) is 30.4 Å². The van der Waals surface area contributed by atoms with Gasteiger partial charge in [-0.3, -0.25) is 10.1 Å². The number of urea groups is 1. The third kappa shape index (κ3) is 7.05. The fraction of sp³-hybridized carbons (Fsp3) is 0.565. The van der Waals surface area contributed by atoms with Crippen LogP contribution in [-0.4, -0.2) is 56.5 Å². The molecule has 0 spiro atoms. The molecule has 0 radical (unpaired) electrons. The van der Waals surface area contributed by atoms with Gasteiger partial charge in [0.2, 0.25) is 5.91 Å². The molecule has 176 valence electrons. The topological polar surface area (TPSA) is 92.8 Å². The van der Waals surface area contributed by atoms with E-state index in [1.807, 2.05) is 13.8 Å². The number of carbonyl (C=O) groups is 2. The molecule has 2 fully saturated rings. The second-order valence-electron chi connectivity index (χ2n) is 9.18. The van der Waals surface area contributed by atoms with Crippen molar-refractivity contribution in [3.63, 3.8) is 0 Å². The Morgan fingerprint density at radius 1 is 1.25 bits per heavy atom. The van der Waals surface area contributed by atoms with E-state index in [-0.39, 0.29) is 29.6 Å². The number of sulfone groups is 1. The summed E-state index contributed by atoms with van der Waals surface area (Å²) >= 11 is 0. The minimum absolute atomic E-state index is 0.0240. The number of halogens is 1. The Kier molecular flexibility index (Phi) is 7.59. The lowest BCUT2D eigenvalue weighted by Gasteiger charge is -2.26. The molecule has 0 unspecified atom stereocenters. The molecule has 1 aliphatic carbocycles. The van der Waals surface area contributed by atoms with Gasteiger partial charge in [0.05, 0.1) is 18.1 Å². The van der Waals surface area contributed by atoms with Crippen molar-refractivity contribution >= 4 is 21.8 Å². The predicted octanol–water partition coefficient (Wildman–Crippen LogP) is 3.20. The first-order valence-corrected chi connectivity index (χ1v) is 12.7. The molecular formula is C23H31FN2O5S. The van der Waals surface area contributed by atoms with Crippen molar-refractivity contribution in [2.24, 2.45) is 5.92 Å². The Hall–Kier alpha value is -2.42. The zero-order chi connectivity index (χ0) is 23.4. The maximum Gasteiger partial charge on any atom is 0.324 e. The average Bonchev–Trinajstić information content (AvgIpc) is 3.52. The Balaban J connectivity index is 1.51. The zero-order valence-electron chi connectivity index (χ0n) is 18.6.